The van der Waals surface area contributed by atoms with Crippen LogP contribution in [0.25, 0.3) is 6.08 Å². The Morgan fingerprint density at radius 2 is 2.25 bits per heavy atom. The van der Waals surface area contributed by atoms with Crippen LogP contribution >= 0.6 is 0 Å². The molecule has 0 N–H and O–H groups in total. The third-order valence-electron chi connectivity index (χ3n) is 2.18. The number of aryl methyl sites for hydroxylation is 1. The van der Waals surface area contributed by atoms with Crippen molar-refractivity contribution < 1.29 is 4.79 Å². The minimum Gasteiger partial charge on any atom is -0.288 e. The number of hydrogen-bond donors (Lipinski definition) is 0. The highest BCUT2D eigenvalue weighted by atomic mass is 16.1. The summed E-state index contributed by atoms with van der Waals surface area (Å²) in [5, 5.41) is 3.94. The third-order valence-corrected chi connectivity index (χ3v) is 2.18. The first kappa shape index (κ1) is 10.3. The quantitative estimate of drug-likeness (QED) is 0.576. The molecule has 0 amide bonds. The maximum atomic E-state index is 11.7. The van der Waals surface area contributed by atoms with Crippen LogP contribution in [-0.4, -0.2) is 20.5 Å². The minimum absolute atomic E-state index is 0.0659. The maximum absolute atomic E-state index is 11.7. The molecule has 0 aliphatic heterocycles. The molecule has 0 aliphatic carbocycles. The molecule has 0 unspecified atom stereocenters. The predicted molar refractivity (Wildman–Crippen MR) is 60.8 cm³/mol. The molecular formula is C12H11N3O. The number of nitrogens with zero attached hydrogens (tertiary/aromatic N) is 3. The number of ketones is 1. The van der Waals surface area contributed by atoms with Crippen LogP contribution in [0.4, 0.5) is 0 Å². The Morgan fingerprint density at radius 3 is 2.88 bits per heavy atom. The van der Waals surface area contributed by atoms with Crippen LogP contribution in [0.5, 0.6) is 0 Å². The zero-order valence-electron chi connectivity index (χ0n) is 8.87. The number of rotatable bonds is 3. The van der Waals surface area contributed by atoms with E-state index in [0.29, 0.717) is 5.69 Å². The maximum Gasteiger partial charge on any atom is 0.203 e. The van der Waals surface area contributed by atoms with E-state index >= 15 is 0 Å². The van der Waals surface area contributed by atoms with Gasteiger partial charge in [0.15, 0.2) is 0 Å². The second-order valence-corrected chi connectivity index (χ2v) is 3.32. The summed E-state index contributed by atoms with van der Waals surface area (Å²) in [5.74, 6) is -0.0659. The lowest BCUT2D eigenvalue weighted by Gasteiger charge is -1.95. The van der Waals surface area contributed by atoms with E-state index < -0.39 is 0 Å². The molecule has 2 aromatic heterocycles. The summed E-state index contributed by atoms with van der Waals surface area (Å²) in [6, 6.07) is 5.41. The van der Waals surface area contributed by atoms with Gasteiger partial charge in [-0.25, -0.2) is 0 Å². The van der Waals surface area contributed by atoms with Gasteiger partial charge in [0.25, 0.3) is 0 Å². The van der Waals surface area contributed by atoms with E-state index in [2.05, 4.69) is 10.1 Å². The van der Waals surface area contributed by atoms with Crippen LogP contribution in [0.1, 0.15) is 16.1 Å². The van der Waals surface area contributed by atoms with Crippen molar-refractivity contribution in [2.24, 2.45) is 7.05 Å². The largest absolute Gasteiger partial charge is 0.288 e. The van der Waals surface area contributed by atoms with Gasteiger partial charge in [0, 0.05) is 25.6 Å². The second-order valence-electron chi connectivity index (χ2n) is 3.32. The molecular weight excluding hydrogens is 202 g/mol. The fourth-order valence-electron chi connectivity index (χ4n) is 1.35. The molecule has 2 aromatic rings. The van der Waals surface area contributed by atoms with E-state index in [1.165, 1.54) is 6.08 Å². The second kappa shape index (κ2) is 4.53. The van der Waals surface area contributed by atoms with Crippen molar-refractivity contribution in [2.45, 2.75) is 0 Å². The summed E-state index contributed by atoms with van der Waals surface area (Å²) < 4.78 is 1.55. The van der Waals surface area contributed by atoms with Crippen molar-refractivity contribution in [1.29, 1.82) is 0 Å². The van der Waals surface area contributed by atoms with Crippen molar-refractivity contribution in [3.8, 4) is 0 Å². The fraction of sp³-hybridized carbons (Fsp3) is 0.0833. The van der Waals surface area contributed by atoms with Gasteiger partial charge in [-0.3, -0.25) is 14.5 Å². The number of aromatic nitrogens is 3. The van der Waals surface area contributed by atoms with Crippen molar-refractivity contribution in [1.82, 2.24) is 14.8 Å². The van der Waals surface area contributed by atoms with Gasteiger partial charge in [-0.1, -0.05) is 6.07 Å². The Hall–Kier alpha value is -2.23. The topological polar surface area (TPSA) is 47.8 Å². The van der Waals surface area contributed by atoms with Gasteiger partial charge in [0.05, 0.1) is 0 Å². The summed E-state index contributed by atoms with van der Waals surface area (Å²) in [5.41, 5.74) is 1.47. The molecule has 0 bridgehead atoms. The lowest BCUT2D eigenvalue weighted by molar-refractivity contribution is 0.103. The van der Waals surface area contributed by atoms with Crippen LogP contribution < -0.4 is 0 Å². The predicted octanol–water partition coefficient (Wildman–Crippen LogP) is 1.71. The van der Waals surface area contributed by atoms with Gasteiger partial charge in [-0.15, -0.1) is 0 Å². The molecule has 16 heavy (non-hydrogen) atoms. The van der Waals surface area contributed by atoms with Gasteiger partial charge < -0.3 is 0 Å². The summed E-state index contributed by atoms with van der Waals surface area (Å²) in [6.07, 6.45) is 8.26. The minimum atomic E-state index is -0.0659. The molecule has 0 aromatic carbocycles. The van der Waals surface area contributed by atoms with Crippen LogP contribution in [0.15, 0.2) is 42.9 Å². The van der Waals surface area contributed by atoms with E-state index in [1.54, 1.807) is 42.5 Å². The monoisotopic (exact) mass is 213 g/mol. The molecule has 0 radical (unpaired) electrons. The van der Waals surface area contributed by atoms with Gasteiger partial charge in [-0.05, 0) is 29.8 Å². The van der Waals surface area contributed by atoms with E-state index in [-0.39, 0.29) is 5.78 Å². The average molecular weight is 213 g/mol. The van der Waals surface area contributed by atoms with Crippen LogP contribution in [-0.2, 0) is 7.05 Å². The number of pyridine rings is 1. The lowest BCUT2D eigenvalue weighted by Crippen LogP contribution is -2.03. The third kappa shape index (κ3) is 2.23. The Balaban J connectivity index is 2.15. The summed E-state index contributed by atoms with van der Waals surface area (Å²) in [7, 11) is 1.74. The Kier molecular flexibility index (Phi) is 2.91. The normalized spacial score (nSPS) is 10.8. The average Bonchev–Trinajstić information content (AvgIpc) is 2.74. The van der Waals surface area contributed by atoms with E-state index in [9.17, 15) is 4.79 Å². The van der Waals surface area contributed by atoms with Crippen molar-refractivity contribution in [3.05, 3.63) is 54.1 Å². The standard InChI is InChI=1S/C12H11N3O/c1-15-11(6-8-14-15)12(16)5-4-10-3-2-7-13-9-10/h2-9H,1H3/b5-4+. The first-order chi connectivity index (χ1) is 7.77. The molecule has 0 fully saturated rings. The van der Waals surface area contributed by atoms with E-state index in [4.69, 9.17) is 0 Å². The zero-order chi connectivity index (χ0) is 11.4. The highest BCUT2D eigenvalue weighted by Gasteiger charge is 2.05. The van der Waals surface area contributed by atoms with Gasteiger partial charge in [0.2, 0.25) is 5.78 Å². The highest BCUT2D eigenvalue weighted by Crippen LogP contribution is 2.03. The molecule has 0 saturated heterocycles. The summed E-state index contributed by atoms with van der Waals surface area (Å²) >= 11 is 0. The molecule has 4 heteroatoms. The molecule has 80 valence electrons. The Labute approximate surface area is 93.2 Å². The van der Waals surface area contributed by atoms with Crippen molar-refractivity contribution in [2.75, 3.05) is 0 Å². The Morgan fingerprint density at radius 1 is 1.38 bits per heavy atom. The first-order valence-corrected chi connectivity index (χ1v) is 4.88. The van der Waals surface area contributed by atoms with Crippen LogP contribution in [0, 0.1) is 0 Å². The molecule has 0 aliphatic rings. The molecule has 4 nitrogen and oxygen atoms in total. The zero-order valence-corrected chi connectivity index (χ0v) is 8.87. The number of carbonyl (C=O) groups is 1. The molecule has 0 atom stereocenters. The first-order valence-electron chi connectivity index (χ1n) is 4.88. The van der Waals surface area contributed by atoms with E-state index in [0.717, 1.165) is 5.56 Å². The van der Waals surface area contributed by atoms with Gasteiger partial charge in [0.1, 0.15) is 5.69 Å². The van der Waals surface area contributed by atoms with Crippen LogP contribution in [0.2, 0.25) is 0 Å². The van der Waals surface area contributed by atoms with Crippen molar-refractivity contribution in [3.63, 3.8) is 0 Å². The molecule has 0 saturated carbocycles. The van der Waals surface area contributed by atoms with Gasteiger partial charge in [-0.2, -0.15) is 5.10 Å². The highest BCUT2D eigenvalue weighted by molar-refractivity contribution is 6.05. The fourth-order valence-corrected chi connectivity index (χ4v) is 1.35. The summed E-state index contributed by atoms with van der Waals surface area (Å²) in [6.45, 7) is 0. The molecule has 2 rings (SSSR count). The smallest absolute Gasteiger partial charge is 0.203 e. The molecule has 0 spiro atoms. The Bertz CT molecular complexity index is 514. The van der Waals surface area contributed by atoms with Gasteiger partial charge >= 0.3 is 0 Å². The number of allylic oxidation sites excluding steroid dienone is 1. The van der Waals surface area contributed by atoms with E-state index in [1.807, 2.05) is 12.1 Å². The summed E-state index contributed by atoms with van der Waals surface area (Å²) in [4.78, 5) is 15.7. The molecule has 2 heterocycles. The number of hydrogen-bond acceptors (Lipinski definition) is 3. The number of carbonyl (C=O) groups excluding carboxylic acids is 1. The SMILES string of the molecule is Cn1nccc1C(=O)/C=C/c1cccnc1. The lowest BCUT2D eigenvalue weighted by atomic mass is 10.2. The van der Waals surface area contributed by atoms with Crippen molar-refractivity contribution >= 4 is 11.9 Å². The van der Waals surface area contributed by atoms with Crippen LogP contribution in [0.3, 0.4) is 0 Å².